The molecule has 4 nitrogen and oxygen atoms in total. The van der Waals surface area contributed by atoms with E-state index in [9.17, 15) is 12.8 Å². The minimum absolute atomic E-state index is 0.0658. The molecule has 0 aliphatic heterocycles. The Balaban J connectivity index is 3.17. The molecular formula is C14H21ClFNO3S. The summed E-state index contributed by atoms with van der Waals surface area (Å²) in [5.41, 5.74) is -0.141. The molecule has 0 fully saturated rings. The van der Waals surface area contributed by atoms with E-state index in [4.69, 9.17) is 16.7 Å². The van der Waals surface area contributed by atoms with Crippen molar-refractivity contribution in [3.8, 4) is 0 Å². The number of sulfonamides is 1. The lowest BCUT2D eigenvalue weighted by molar-refractivity contribution is 0.274. The summed E-state index contributed by atoms with van der Waals surface area (Å²) in [5.74, 6) is -0.800. The molecule has 21 heavy (non-hydrogen) atoms. The summed E-state index contributed by atoms with van der Waals surface area (Å²) < 4.78 is 41.3. The third kappa shape index (κ3) is 4.39. The largest absolute Gasteiger partial charge is 0.392 e. The van der Waals surface area contributed by atoms with E-state index in [0.29, 0.717) is 0 Å². The minimum Gasteiger partial charge on any atom is -0.392 e. The fourth-order valence-electron chi connectivity index (χ4n) is 2.33. The molecule has 0 bridgehead atoms. The van der Waals surface area contributed by atoms with E-state index in [-0.39, 0.29) is 22.5 Å². The van der Waals surface area contributed by atoms with Crippen molar-refractivity contribution in [1.82, 2.24) is 4.72 Å². The summed E-state index contributed by atoms with van der Waals surface area (Å²) in [7, 11) is -4.03. The van der Waals surface area contributed by atoms with Crippen LogP contribution in [0.3, 0.4) is 0 Å². The van der Waals surface area contributed by atoms with Crippen LogP contribution in [0.1, 0.15) is 39.2 Å². The third-order valence-electron chi connectivity index (χ3n) is 3.64. The van der Waals surface area contributed by atoms with E-state index in [1.54, 1.807) is 6.92 Å². The predicted octanol–water partition coefficient (Wildman–Crippen LogP) is 3.07. The molecule has 120 valence electrons. The van der Waals surface area contributed by atoms with E-state index in [0.717, 1.165) is 18.9 Å². The standard InChI is InChI=1S/C14H21ClFNO3S/c1-4-10(5-2)9(3)17-21(19,20)13-7-12(15)6-11(8-18)14(13)16/h6-7,9-10,17-18H,4-5,8H2,1-3H3. The van der Waals surface area contributed by atoms with Crippen LogP contribution in [0.2, 0.25) is 5.02 Å². The van der Waals surface area contributed by atoms with Crippen molar-refractivity contribution in [1.29, 1.82) is 0 Å². The number of aliphatic hydroxyl groups is 1. The van der Waals surface area contributed by atoms with E-state index in [1.807, 2.05) is 13.8 Å². The molecule has 1 aromatic carbocycles. The zero-order chi connectivity index (χ0) is 16.2. The summed E-state index contributed by atoms with van der Waals surface area (Å²) in [6, 6.07) is 1.94. The van der Waals surface area contributed by atoms with E-state index < -0.39 is 27.3 Å². The molecule has 0 aliphatic rings. The van der Waals surface area contributed by atoms with Crippen molar-refractivity contribution in [3.63, 3.8) is 0 Å². The molecule has 0 radical (unpaired) electrons. The van der Waals surface area contributed by atoms with Crippen molar-refractivity contribution in [3.05, 3.63) is 28.5 Å². The van der Waals surface area contributed by atoms with E-state index >= 15 is 0 Å². The van der Waals surface area contributed by atoms with Gasteiger partial charge in [-0.1, -0.05) is 38.3 Å². The Morgan fingerprint density at radius 1 is 1.33 bits per heavy atom. The number of halogens is 2. The van der Waals surface area contributed by atoms with Crippen LogP contribution in [0.15, 0.2) is 17.0 Å². The Morgan fingerprint density at radius 3 is 2.38 bits per heavy atom. The Bertz CT molecular complexity index is 588. The first-order valence-electron chi connectivity index (χ1n) is 6.87. The zero-order valence-electron chi connectivity index (χ0n) is 12.4. The maximum absolute atomic E-state index is 14.1. The highest BCUT2D eigenvalue weighted by molar-refractivity contribution is 7.89. The quantitative estimate of drug-likeness (QED) is 0.803. The van der Waals surface area contributed by atoms with Gasteiger partial charge in [0.05, 0.1) is 6.61 Å². The second-order valence-corrected chi connectivity index (χ2v) is 7.14. The van der Waals surface area contributed by atoms with Gasteiger partial charge in [-0.25, -0.2) is 17.5 Å². The molecule has 0 saturated heterocycles. The lowest BCUT2D eigenvalue weighted by Gasteiger charge is -2.22. The first-order valence-corrected chi connectivity index (χ1v) is 8.74. The number of rotatable bonds is 7. The number of hydrogen-bond acceptors (Lipinski definition) is 3. The van der Waals surface area contributed by atoms with Crippen molar-refractivity contribution >= 4 is 21.6 Å². The van der Waals surface area contributed by atoms with Gasteiger partial charge in [0.25, 0.3) is 0 Å². The van der Waals surface area contributed by atoms with Crippen LogP contribution in [-0.2, 0) is 16.6 Å². The molecular weight excluding hydrogens is 317 g/mol. The van der Waals surface area contributed by atoms with E-state index in [2.05, 4.69) is 4.72 Å². The van der Waals surface area contributed by atoms with Gasteiger partial charge in [-0.05, 0) is 25.0 Å². The van der Waals surface area contributed by atoms with Crippen LogP contribution in [-0.4, -0.2) is 19.6 Å². The molecule has 0 aliphatic carbocycles. The van der Waals surface area contributed by atoms with Crippen LogP contribution in [0, 0.1) is 11.7 Å². The molecule has 0 aromatic heterocycles. The number of aliphatic hydroxyl groups excluding tert-OH is 1. The topological polar surface area (TPSA) is 66.4 Å². The molecule has 0 spiro atoms. The molecule has 1 unspecified atom stereocenters. The second kappa shape index (κ2) is 7.54. The van der Waals surface area contributed by atoms with E-state index in [1.165, 1.54) is 6.07 Å². The summed E-state index contributed by atoms with van der Waals surface area (Å²) in [4.78, 5) is -0.531. The monoisotopic (exact) mass is 337 g/mol. The predicted molar refractivity (Wildman–Crippen MR) is 81.2 cm³/mol. The van der Waals surface area contributed by atoms with Gasteiger partial charge in [0.1, 0.15) is 10.7 Å². The third-order valence-corrected chi connectivity index (χ3v) is 5.41. The Labute approximate surface area is 130 Å². The molecule has 1 atom stereocenters. The van der Waals surface area contributed by atoms with Gasteiger partial charge >= 0.3 is 0 Å². The van der Waals surface area contributed by atoms with Gasteiger partial charge in [0, 0.05) is 16.6 Å². The molecule has 0 amide bonds. The van der Waals surface area contributed by atoms with Gasteiger partial charge in [-0.15, -0.1) is 0 Å². The maximum Gasteiger partial charge on any atom is 0.243 e. The van der Waals surface area contributed by atoms with Gasteiger partial charge in [-0.3, -0.25) is 0 Å². The highest BCUT2D eigenvalue weighted by Gasteiger charge is 2.26. The zero-order valence-corrected chi connectivity index (χ0v) is 13.9. The number of hydrogen-bond donors (Lipinski definition) is 2. The highest BCUT2D eigenvalue weighted by Crippen LogP contribution is 2.25. The van der Waals surface area contributed by atoms with Gasteiger partial charge < -0.3 is 5.11 Å². The van der Waals surface area contributed by atoms with Crippen molar-refractivity contribution in [2.24, 2.45) is 5.92 Å². The van der Waals surface area contributed by atoms with Crippen LogP contribution in [0.5, 0.6) is 0 Å². The van der Waals surface area contributed by atoms with Crippen LogP contribution >= 0.6 is 11.6 Å². The van der Waals surface area contributed by atoms with Gasteiger partial charge in [0.2, 0.25) is 10.0 Å². The average molecular weight is 338 g/mol. The molecule has 1 aromatic rings. The fourth-order valence-corrected chi connectivity index (χ4v) is 4.09. The molecule has 2 N–H and O–H groups in total. The molecule has 0 saturated carbocycles. The normalized spacial score (nSPS) is 13.7. The van der Waals surface area contributed by atoms with Gasteiger partial charge in [-0.2, -0.15) is 0 Å². The lowest BCUT2D eigenvalue weighted by atomic mass is 9.96. The summed E-state index contributed by atoms with van der Waals surface area (Å²) in [6.45, 7) is 5.09. The Morgan fingerprint density at radius 2 is 1.90 bits per heavy atom. The second-order valence-electron chi connectivity index (χ2n) is 5.02. The highest BCUT2D eigenvalue weighted by atomic mass is 35.5. The fraction of sp³-hybridized carbons (Fsp3) is 0.571. The van der Waals surface area contributed by atoms with Crippen LogP contribution < -0.4 is 4.72 Å². The summed E-state index contributed by atoms with van der Waals surface area (Å²) in [6.07, 6.45) is 1.64. The lowest BCUT2D eigenvalue weighted by Crippen LogP contribution is -2.38. The summed E-state index contributed by atoms with van der Waals surface area (Å²) in [5, 5.41) is 9.13. The van der Waals surface area contributed by atoms with Crippen molar-refractivity contribution < 1.29 is 17.9 Å². The van der Waals surface area contributed by atoms with Gasteiger partial charge in [0.15, 0.2) is 0 Å². The SMILES string of the molecule is CCC(CC)C(C)NS(=O)(=O)c1cc(Cl)cc(CO)c1F. The maximum atomic E-state index is 14.1. The van der Waals surface area contributed by atoms with Crippen molar-refractivity contribution in [2.75, 3.05) is 0 Å². The summed E-state index contributed by atoms with van der Waals surface area (Å²) >= 11 is 5.79. The molecule has 0 heterocycles. The Kier molecular flexibility index (Phi) is 6.59. The van der Waals surface area contributed by atoms with Crippen LogP contribution in [0.4, 0.5) is 4.39 Å². The number of benzene rings is 1. The molecule has 7 heteroatoms. The molecule has 1 rings (SSSR count). The van der Waals surface area contributed by atoms with Crippen molar-refractivity contribution in [2.45, 2.75) is 51.2 Å². The average Bonchev–Trinajstić information content (AvgIpc) is 2.41. The first-order chi connectivity index (χ1) is 9.76. The Hall–Kier alpha value is -0.690. The van der Waals surface area contributed by atoms with Crippen LogP contribution in [0.25, 0.3) is 0 Å². The smallest absolute Gasteiger partial charge is 0.243 e. The number of nitrogens with one attached hydrogen (secondary N) is 1. The first kappa shape index (κ1) is 18.4. The minimum atomic E-state index is -4.03.